The number of hydrogen-bond acceptors (Lipinski definition) is 6. The Morgan fingerprint density at radius 1 is 1.06 bits per heavy atom. The molecule has 2 aliphatic rings. The number of sulfonamides is 1. The van der Waals surface area contributed by atoms with Gasteiger partial charge in [0.1, 0.15) is 12.4 Å². The van der Waals surface area contributed by atoms with Crippen molar-refractivity contribution in [2.75, 3.05) is 25.1 Å². The van der Waals surface area contributed by atoms with Crippen LogP contribution in [0.15, 0.2) is 59.5 Å². The van der Waals surface area contributed by atoms with E-state index in [1.807, 2.05) is 12.1 Å². The fourth-order valence-electron chi connectivity index (χ4n) is 5.15. The lowest BCUT2D eigenvalue weighted by Crippen LogP contribution is -2.50. The van der Waals surface area contributed by atoms with Crippen molar-refractivity contribution in [3.8, 4) is 5.75 Å². The van der Waals surface area contributed by atoms with Crippen LogP contribution in [-0.4, -0.2) is 51.0 Å². The van der Waals surface area contributed by atoms with E-state index >= 15 is 0 Å². The van der Waals surface area contributed by atoms with Crippen LogP contribution in [0.1, 0.15) is 24.0 Å². The second-order valence-corrected chi connectivity index (χ2v) is 10.8. The molecule has 1 saturated heterocycles. The molecule has 1 fully saturated rings. The fraction of sp³-hybridized carbons (Fsp3) is 0.308. The van der Waals surface area contributed by atoms with Crippen molar-refractivity contribution in [3.63, 3.8) is 0 Å². The standard InChI is InChI=1S/C26H27N3O6S/c1-34-22-9-3-6-18-16-35-26(31)29(25(18)22)19-11-13-28(14-12-19)36(32,33)23-10-4-7-20-17(15-24(27)30)5-2-8-21(20)23/h2-10,19H,11-16H2,1H3,(H2,27,30). The van der Waals surface area contributed by atoms with E-state index in [4.69, 9.17) is 15.2 Å². The van der Waals surface area contributed by atoms with Gasteiger partial charge in [0, 0.05) is 30.1 Å². The lowest BCUT2D eigenvalue weighted by molar-refractivity contribution is -0.117. The Bertz CT molecular complexity index is 1430. The SMILES string of the molecule is COc1cccc2c1N(C1CCN(S(=O)(=O)c3cccc4c(CC(N)=O)cccc34)CC1)C(=O)OC2. The summed E-state index contributed by atoms with van der Waals surface area (Å²) in [6.45, 7) is 0.672. The lowest BCUT2D eigenvalue weighted by Gasteiger charge is -2.40. The molecule has 5 rings (SSSR count). The van der Waals surface area contributed by atoms with Gasteiger partial charge in [0.15, 0.2) is 0 Å². The highest BCUT2D eigenvalue weighted by molar-refractivity contribution is 7.89. The number of para-hydroxylation sites is 1. The zero-order valence-corrected chi connectivity index (χ0v) is 20.7. The Balaban J connectivity index is 1.41. The molecule has 3 aromatic carbocycles. The predicted molar refractivity (Wildman–Crippen MR) is 134 cm³/mol. The van der Waals surface area contributed by atoms with Crippen molar-refractivity contribution in [1.29, 1.82) is 0 Å². The number of methoxy groups -OCH3 is 1. The molecule has 9 nitrogen and oxygen atoms in total. The fourth-order valence-corrected chi connectivity index (χ4v) is 6.82. The highest BCUT2D eigenvalue weighted by Crippen LogP contribution is 2.39. The first-order valence-corrected chi connectivity index (χ1v) is 13.2. The van der Waals surface area contributed by atoms with Crippen LogP contribution in [0.25, 0.3) is 10.8 Å². The Kier molecular flexibility index (Phi) is 6.31. The number of ether oxygens (including phenoxy) is 2. The van der Waals surface area contributed by atoms with Crippen LogP contribution < -0.4 is 15.4 Å². The van der Waals surface area contributed by atoms with E-state index in [-0.39, 0.29) is 37.1 Å². The minimum atomic E-state index is -3.82. The minimum Gasteiger partial charge on any atom is -0.495 e. The molecular weight excluding hydrogens is 482 g/mol. The Hall–Kier alpha value is -3.63. The summed E-state index contributed by atoms with van der Waals surface area (Å²) in [7, 11) is -2.26. The molecule has 2 amide bonds. The predicted octanol–water partition coefficient (Wildman–Crippen LogP) is 3.19. The van der Waals surface area contributed by atoms with Crippen LogP contribution >= 0.6 is 0 Å². The summed E-state index contributed by atoms with van der Waals surface area (Å²) in [5.41, 5.74) is 7.61. The number of cyclic esters (lactones) is 1. The minimum absolute atomic E-state index is 0.0309. The number of fused-ring (bicyclic) bond motifs is 2. The molecule has 2 aliphatic heterocycles. The average Bonchev–Trinajstić information content (AvgIpc) is 2.88. The van der Waals surface area contributed by atoms with Gasteiger partial charge < -0.3 is 15.2 Å². The molecule has 2 heterocycles. The molecule has 0 spiro atoms. The largest absolute Gasteiger partial charge is 0.495 e. The molecule has 0 unspecified atom stereocenters. The van der Waals surface area contributed by atoms with Crippen molar-refractivity contribution in [2.45, 2.75) is 36.8 Å². The van der Waals surface area contributed by atoms with Gasteiger partial charge in [-0.05, 0) is 35.9 Å². The summed E-state index contributed by atoms with van der Waals surface area (Å²) in [4.78, 5) is 26.1. The number of nitrogens with zero attached hydrogens (tertiary/aromatic N) is 2. The summed E-state index contributed by atoms with van der Waals surface area (Å²) in [6.07, 6.45) is 0.472. The molecule has 3 aromatic rings. The van der Waals surface area contributed by atoms with E-state index in [9.17, 15) is 18.0 Å². The van der Waals surface area contributed by atoms with E-state index < -0.39 is 22.0 Å². The third-order valence-corrected chi connectivity index (χ3v) is 8.79. The van der Waals surface area contributed by atoms with Gasteiger partial charge in [0.2, 0.25) is 15.9 Å². The first kappa shape index (κ1) is 24.1. The Labute approximate surface area is 209 Å². The van der Waals surface area contributed by atoms with Gasteiger partial charge in [-0.3, -0.25) is 9.69 Å². The highest BCUT2D eigenvalue weighted by Gasteiger charge is 2.38. The van der Waals surface area contributed by atoms with Gasteiger partial charge in [0.05, 0.1) is 24.1 Å². The maximum Gasteiger partial charge on any atom is 0.415 e. The van der Waals surface area contributed by atoms with Crippen molar-refractivity contribution < 1.29 is 27.5 Å². The maximum atomic E-state index is 13.7. The number of piperidine rings is 1. The molecule has 2 N–H and O–H groups in total. The van der Waals surface area contributed by atoms with Gasteiger partial charge >= 0.3 is 6.09 Å². The van der Waals surface area contributed by atoms with Crippen molar-refractivity contribution >= 4 is 38.5 Å². The second-order valence-electron chi connectivity index (χ2n) is 8.94. The molecule has 0 saturated carbocycles. The van der Waals surface area contributed by atoms with Gasteiger partial charge in [-0.25, -0.2) is 13.2 Å². The number of benzene rings is 3. The summed E-state index contributed by atoms with van der Waals surface area (Å²) < 4.78 is 39.7. The topological polar surface area (TPSA) is 119 Å². The van der Waals surface area contributed by atoms with Gasteiger partial charge in [-0.15, -0.1) is 0 Å². The Morgan fingerprint density at radius 3 is 2.47 bits per heavy atom. The maximum absolute atomic E-state index is 13.7. The zero-order chi connectivity index (χ0) is 25.4. The van der Waals surface area contributed by atoms with Crippen molar-refractivity contribution in [2.24, 2.45) is 5.73 Å². The third-order valence-electron chi connectivity index (χ3n) is 6.83. The molecule has 0 radical (unpaired) electrons. The number of rotatable bonds is 6. The van der Waals surface area contributed by atoms with Crippen LogP contribution in [0, 0.1) is 0 Å². The normalized spacial score (nSPS) is 17.0. The van der Waals surface area contributed by atoms with Crippen LogP contribution in [0.4, 0.5) is 10.5 Å². The number of primary amides is 1. The van der Waals surface area contributed by atoms with Crippen LogP contribution in [0.2, 0.25) is 0 Å². The molecule has 10 heteroatoms. The summed E-state index contributed by atoms with van der Waals surface area (Å²) in [6, 6.07) is 15.6. The van der Waals surface area contributed by atoms with Gasteiger partial charge in [-0.1, -0.05) is 42.5 Å². The summed E-state index contributed by atoms with van der Waals surface area (Å²) in [5, 5.41) is 1.24. The number of nitrogens with two attached hydrogens (primary N) is 1. The highest BCUT2D eigenvalue weighted by atomic mass is 32.2. The first-order chi connectivity index (χ1) is 17.3. The summed E-state index contributed by atoms with van der Waals surface area (Å²) in [5.74, 6) is 0.106. The van der Waals surface area contributed by atoms with Crippen LogP contribution in [-0.2, 0) is 32.6 Å². The molecule has 36 heavy (non-hydrogen) atoms. The van der Waals surface area contributed by atoms with Gasteiger partial charge in [-0.2, -0.15) is 4.31 Å². The number of anilines is 1. The molecular formula is C26H27N3O6S. The number of carbonyl (C=O) groups is 2. The number of carbonyl (C=O) groups excluding carboxylic acids is 2. The van der Waals surface area contributed by atoms with Crippen molar-refractivity contribution in [1.82, 2.24) is 4.31 Å². The van der Waals surface area contributed by atoms with E-state index in [0.717, 1.165) is 5.56 Å². The molecule has 0 bridgehead atoms. The van der Waals surface area contributed by atoms with Crippen molar-refractivity contribution in [3.05, 3.63) is 65.7 Å². The van der Waals surface area contributed by atoms with E-state index in [0.29, 0.717) is 40.6 Å². The molecule has 0 aromatic heterocycles. The van der Waals surface area contributed by atoms with E-state index in [1.54, 1.807) is 54.5 Å². The summed E-state index contributed by atoms with van der Waals surface area (Å²) >= 11 is 0. The third kappa shape index (κ3) is 4.16. The lowest BCUT2D eigenvalue weighted by atomic mass is 10.0. The Morgan fingerprint density at radius 2 is 1.75 bits per heavy atom. The zero-order valence-electron chi connectivity index (χ0n) is 19.8. The number of hydrogen-bond donors (Lipinski definition) is 1. The second kappa shape index (κ2) is 9.44. The van der Waals surface area contributed by atoms with E-state index in [2.05, 4.69) is 0 Å². The number of amides is 2. The van der Waals surface area contributed by atoms with Gasteiger partial charge in [0.25, 0.3) is 0 Å². The van der Waals surface area contributed by atoms with Crippen LogP contribution in [0.3, 0.4) is 0 Å². The van der Waals surface area contributed by atoms with E-state index in [1.165, 1.54) is 4.31 Å². The first-order valence-electron chi connectivity index (χ1n) is 11.7. The van der Waals surface area contributed by atoms with Crippen LogP contribution in [0.5, 0.6) is 5.75 Å². The molecule has 0 aliphatic carbocycles. The molecule has 0 atom stereocenters. The molecule has 188 valence electrons. The quantitative estimate of drug-likeness (QED) is 0.545. The monoisotopic (exact) mass is 509 g/mol. The smallest absolute Gasteiger partial charge is 0.415 e. The average molecular weight is 510 g/mol.